The van der Waals surface area contributed by atoms with E-state index in [0.717, 1.165) is 18.4 Å². The van der Waals surface area contributed by atoms with Gasteiger partial charge in [0, 0.05) is 30.8 Å². The number of hydrogen-bond acceptors (Lipinski definition) is 6. The number of rotatable bonds is 3. The molecular weight excluding hydrogens is 504 g/mol. The van der Waals surface area contributed by atoms with E-state index in [9.17, 15) is 18.4 Å². The lowest BCUT2D eigenvalue weighted by molar-refractivity contribution is 0.0204. The largest absolute Gasteiger partial charge is 0.444 e. The third-order valence-electron chi connectivity index (χ3n) is 7.03. The van der Waals surface area contributed by atoms with Crippen LogP contribution in [0.2, 0.25) is 0 Å². The molecule has 1 aromatic heterocycles. The predicted octanol–water partition coefficient (Wildman–Crippen LogP) is 5.07. The van der Waals surface area contributed by atoms with Crippen LogP contribution in [-0.2, 0) is 11.2 Å². The van der Waals surface area contributed by atoms with Crippen LogP contribution in [0.3, 0.4) is 0 Å². The molecule has 3 heterocycles. The van der Waals surface area contributed by atoms with Crippen molar-refractivity contribution >= 4 is 17.8 Å². The summed E-state index contributed by atoms with van der Waals surface area (Å²) in [6.07, 6.45) is 1.75. The normalized spacial score (nSPS) is 16.0. The molecule has 1 fully saturated rings. The van der Waals surface area contributed by atoms with Gasteiger partial charge in [0.15, 0.2) is 5.82 Å². The smallest absolute Gasteiger partial charge is 0.410 e. The van der Waals surface area contributed by atoms with Crippen LogP contribution in [0.4, 0.5) is 19.4 Å². The molecule has 2 aromatic carbocycles. The number of nitrogen functional groups attached to an aromatic ring is 1. The highest BCUT2D eigenvalue weighted by Crippen LogP contribution is 2.33. The maximum absolute atomic E-state index is 14.9. The fourth-order valence-electron chi connectivity index (χ4n) is 5.11. The highest BCUT2D eigenvalue weighted by atomic mass is 19.1. The van der Waals surface area contributed by atoms with Crippen LogP contribution in [0.15, 0.2) is 36.4 Å². The Hall–Kier alpha value is -4.08. The maximum Gasteiger partial charge on any atom is 0.410 e. The molecule has 2 aliphatic heterocycles. The average molecular weight is 536 g/mol. The highest BCUT2D eigenvalue weighted by molar-refractivity contribution is 5.97. The van der Waals surface area contributed by atoms with E-state index >= 15 is 0 Å². The second-order valence-electron chi connectivity index (χ2n) is 11.0. The maximum atomic E-state index is 14.9. The molecule has 0 bridgehead atoms. The van der Waals surface area contributed by atoms with Crippen molar-refractivity contribution < 1.29 is 23.1 Å². The standard InChI is InChI=1S/C29H31F2N5O3/c1-29(2,3)39-28(38)36-12-9-17(10-13-36)16-4-6-18(7-5-16)23-25(31)35-26(32)24(34-23)20-14-19-8-11-33-27(37)22(19)21(30)15-20/h4-7,14-15,17H,8-13H2,1-3H3,(H2,32,35)(H,33,37). The molecule has 10 heteroatoms. The van der Waals surface area contributed by atoms with Crippen molar-refractivity contribution in [3.05, 3.63) is 64.9 Å². The number of carbonyl (C=O) groups is 2. The molecule has 0 atom stereocenters. The topological polar surface area (TPSA) is 110 Å². The van der Waals surface area contributed by atoms with Crippen molar-refractivity contribution in [2.45, 2.75) is 51.6 Å². The summed E-state index contributed by atoms with van der Waals surface area (Å²) < 4.78 is 35.2. The molecule has 0 aliphatic carbocycles. The molecule has 2 amide bonds. The molecule has 39 heavy (non-hydrogen) atoms. The van der Waals surface area contributed by atoms with Crippen LogP contribution < -0.4 is 11.1 Å². The van der Waals surface area contributed by atoms with Gasteiger partial charge in [-0.1, -0.05) is 24.3 Å². The fourth-order valence-corrected chi connectivity index (χ4v) is 5.11. The molecule has 8 nitrogen and oxygen atoms in total. The Labute approximate surface area is 225 Å². The molecular formula is C29H31F2N5O3. The van der Waals surface area contributed by atoms with Crippen LogP contribution in [0, 0.1) is 11.8 Å². The molecule has 0 unspecified atom stereocenters. The third kappa shape index (κ3) is 5.55. The van der Waals surface area contributed by atoms with E-state index in [1.165, 1.54) is 6.07 Å². The van der Waals surface area contributed by atoms with Gasteiger partial charge >= 0.3 is 6.09 Å². The summed E-state index contributed by atoms with van der Waals surface area (Å²) in [6.45, 7) is 7.14. The van der Waals surface area contributed by atoms with Crippen molar-refractivity contribution in [1.29, 1.82) is 0 Å². The van der Waals surface area contributed by atoms with Crippen molar-refractivity contribution in [2.24, 2.45) is 0 Å². The van der Waals surface area contributed by atoms with Crippen LogP contribution >= 0.6 is 0 Å². The number of carbonyl (C=O) groups excluding carboxylic acids is 2. The first kappa shape index (κ1) is 26.5. The number of anilines is 1. The summed E-state index contributed by atoms with van der Waals surface area (Å²) >= 11 is 0. The van der Waals surface area contributed by atoms with Crippen LogP contribution in [0.1, 0.15) is 61.0 Å². The fraction of sp³-hybridized carbons (Fsp3) is 0.379. The van der Waals surface area contributed by atoms with Crippen molar-refractivity contribution in [3.63, 3.8) is 0 Å². The summed E-state index contributed by atoms with van der Waals surface area (Å²) in [6, 6.07) is 10.3. The number of amides is 2. The molecule has 1 saturated heterocycles. The number of hydrogen-bond donors (Lipinski definition) is 2. The zero-order chi connectivity index (χ0) is 27.9. The van der Waals surface area contributed by atoms with E-state index in [1.54, 1.807) is 23.1 Å². The second-order valence-corrected chi connectivity index (χ2v) is 11.0. The number of piperidine rings is 1. The number of benzene rings is 2. The minimum atomic E-state index is -0.826. The van der Waals surface area contributed by atoms with Gasteiger partial charge in [-0.15, -0.1) is 0 Å². The summed E-state index contributed by atoms with van der Waals surface area (Å²) in [5.41, 5.74) is 8.09. The van der Waals surface area contributed by atoms with E-state index in [4.69, 9.17) is 10.5 Å². The lowest BCUT2D eigenvalue weighted by Crippen LogP contribution is -2.41. The summed E-state index contributed by atoms with van der Waals surface area (Å²) in [5.74, 6) is -1.88. The Morgan fingerprint density at radius 1 is 1.05 bits per heavy atom. The number of fused-ring (bicyclic) bond motifs is 1. The first-order valence-corrected chi connectivity index (χ1v) is 13.0. The number of halogens is 2. The molecule has 204 valence electrons. The molecule has 0 saturated carbocycles. The van der Waals surface area contributed by atoms with E-state index in [0.29, 0.717) is 42.7 Å². The van der Waals surface area contributed by atoms with Crippen LogP contribution in [-0.4, -0.2) is 52.1 Å². The van der Waals surface area contributed by atoms with Gasteiger partial charge in [0.05, 0.1) is 5.56 Å². The summed E-state index contributed by atoms with van der Waals surface area (Å²) in [5, 5.41) is 2.63. The van der Waals surface area contributed by atoms with Gasteiger partial charge in [-0.2, -0.15) is 9.37 Å². The zero-order valence-electron chi connectivity index (χ0n) is 22.2. The summed E-state index contributed by atoms with van der Waals surface area (Å²) in [4.78, 5) is 34.4. The number of nitrogens with zero attached hydrogens (tertiary/aromatic N) is 3. The quantitative estimate of drug-likeness (QED) is 0.485. The van der Waals surface area contributed by atoms with Gasteiger partial charge in [-0.05, 0) is 69.2 Å². The Kier molecular flexibility index (Phi) is 6.96. The van der Waals surface area contributed by atoms with E-state index in [2.05, 4.69) is 15.3 Å². The second kappa shape index (κ2) is 10.2. The van der Waals surface area contributed by atoms with E-state index in [1.807, 2.05) is 32.9 Å². The Bertz CT molecular complexity index is 1430. The number of nitrogens with two attached hydrogens (primary N) is 1. The predicted molar refractivity (Wildman–Crippen MR) is 143 cm³/mol. The van der Waals surface area contributed by atoms with Crippen molar-refractivity contribution in [1.82, 2.24) is 20.2 Å². The molecule has 0 radical (unpaired) electrons. The number of likely N-dealkylation sites (tertiary alicyclic amines) is 1. The molecule has 0 spiro atoms. The minimum Gasteiger partial charge on any atom is -0.444 e. The first-order valence-electron chi connectivity index (χ1n) is 13.0. The van der Waals surface area contributed by atoms with Crippen LogP contribution in [0.5, 0.6) is 0 Å². The third-order valence-corrected chi connectivity index (χ3v) is 7.03. The average Bonchev–Trinajstić information content (AvgIpc) is 2.88. The van der Waals surface area contributed by atoms with Crippen LogP contribution in [0.25, 0.3) is 22.5 Å². The van der Waals surface area contributed by atoms with Gasteiger partial charge < -0.3 is 20.7 Å². The number of nitrogens with one attached hydrogen (secondary N) is 1. The number of ether oxygens (including phenoxy) is 1. The van der Waals surface area contributed by atoms with Gasteiger partial charge in [0.25, 0.3) is 5.91 Å². The Balaban J connectivity index is 1.35. The molecule has 3 aromatic rings. The monoisotopic (exact) mass is 535 g/mol. The number of aromatic nitrogens is 2. The van der Waals surface area contributed by atoms with Gasteiger partial charge in [-0.25, -0.2) is 14.2 Å². The van der Waals surface area contributed by atoms with Crippen molar-refractivity contribution in [2.75, 3.05) is 25.4 Å². The van der Waals surface area contributed by atoms with Gasteiger partial charge in [-0.3, -0.25) is 4.79 Å². The van der Waals surface area contributed by atoms with E-state index in [-0.39, 0.29) is 34.8 Å². The molecule has 3 N–H and O–H groups in total. The summed E-state index contributed by atoms with van der Waals surface area (Å²) in [7, 11) is 0. The first-order chi connectivity index (χ1) is 18.5. The van der Waals surface area contributed by atoms with E-state index < -0.39 is 23.3 Å². The Morgan fingerprint density at radius 2 is 1.74 bits per heavy atom. The van der Waals surface area contributed by atoms with Gasteiger partial charge in [0.1, 0.15) is 22.8 Å². The molecule has 2 aliphatic rings. The Morgan fingerprint density at radius 3 is 2.41 bits per heavy atom. The van der Waals surface area contributed by atoms with Gasteiger partial charge in [0.2, 0.25) is 5.95 Å². The minimum absolute atomic E-state index is 0.00127. The lowest BCUT2D eigenvalue weighted by atomic mass is 9.89. The lowest BCUT2D eigenvalue weighted by Gasteiger charge is -2.33. The highest BCUT2D eigenvalue weighted by Gasteiger charge is 2.28. The molecule has 5 rings (SSSR count). The SMILES string of the molecule is CC(C)(C)OC(=O)N1CCC(c2ccc(-c3nc(-c4cc(F)c5c(c4)CCNC5=O)c(N)nc3F)cc2)CC1. The zero-order valence-corrected chi connectivity index (χ0v) is 22.2. The van der Waals surface area contributed by atoms with Crippen molar-refractivity contribution in [3.8, 4) is 22.5 Å².